The molecule has 7 nitrogen and oxygen atoms in total. The Morgan fingerprint density at radius 3 is 2.86 bits per heavy atom. The first-order chi connectivity index (χ1) is 10.6. The van der Waals surface area contributed by atoms with Crippen molar-refractivity contribution >= 4 is 38.3 Å². The lowest BCUT2D eigenvalue weighted by atomic mass is 10.1. The molecule has 2 heterocycles. The largest absolute Gasteiger partial charge is 0.327 e. The lowest BCUT2D eigenvalue weighted by Gasteiger charge is -2.22. The minimum Gasteiger partial charge on any atom is -0.327 e. The van der Waals surface area contributed by atoms with Gasteiger partial charge in [-0.25, -0.2) is 4.98 Å². The second-order valence-electron chi connectivity index (χ2n) is 5.46. The van der Waals surface area contributed by atoms with E-state index in [4.69, 9.17) is 0 Å². The van der Waals surface area contributed by atoms with Crippen molar-refractivity contribution in [3.8, 4) is 0 Å². The highest BCUT2D eigenvalue weighted by atomic mass is 32.1. The molecular formula is C14H17N4O3S+. The van der Waals surface area contributed by atoms with Crippen molar-refractivity contribution < 1.29 is 14.6 Å². The van der Waals surface area contributed by atoms with Crippen LogP contribution in [0.1, 0.15) is 19.3 Å². The summed E-state index contributed by atoms with van der Waals surface area (Å²) in [5.41, 5.74) is 0.697. The minimum absolute atomic E-state index is 0.0341. The Kier molecular flexibility index (Phi) is 4.30. The zero-order valence-corrected chi connectivity index (χ0v) is 12.8. The van der Waals surface area contributed by atoms with Crippen LogP contribution in [-0.2, 0) is 4.79 Å². The summed E-state index contributed by atoms with van der Waals surface area (Å²) in [6.45, 7) is 2.54. The molecule has 0 atom stereocenters. The molecular weight excluding hydrogens is 304 g/mol. The topological polar surface area (TPSA) is 89.6 Å². The van der Waals surface area contributed by atoms with Crippen molar-refractivity contribution in [2.24, 2.45) is 0 Å². The van der Waals surface area contributed by atoms with Gasteiger partial charge in [0.15, 0.2) is 11.7 Å². The van der Waals surface area contributed by atoms with E-state index in [2.05, 4.69) is 10.3 Å². The molecule has 8 heteroatoms. The van der Waals surface area contributed by atoms with Gasteiger partial charge in [0, 0.05) is 12.1 Å². The molecule has 2 aromatic rings. The summed E-state index contributed by atoms with van der Waals surface area (Å²) in [5.74, 6) is -0.0505. The molecule has 1 saturated heterocycles. The second kappa shape index (κ2) is 6.37. The molecule has 0 spiro atoms. The molecule has 0 radical (unpaired) electrons. The smallest absolute Gasteiger partial charge is 0.281 e. The number of rotatable bonds is 4. The van der Waals surface area contributed by atoms with Gasteiger partial charge < -0.3 is 4.90 Å². The third-order valence-electron chi connectivity index (χ3n) is 3.80. The molecule has 2 N–H and O–H groups in total. The average Bonchev–Trinajstić information content (AvgIpc) is 2.89. The molecule has 1 aromatic heterocycles. The molecule has 3 rings (SSSR count). The highest BCUT2D eigenvalue weighted by Gasteiger charge is 2.18. The van der Waals surface area contributed by atoms with E-state index in [0.29, 0.717) is 21.9 Å². The van der Waals surface area contributed by atoms with Crippen LogP contribution in [0.3, 0.4) is 0 Å². The quantitative estimate of drug-likeness (QED) is 0.654. The predicted octanol–water partition coefficient (Wildman–Crippen LogP) is 1.21. The van der Waals surface area contributed by atoms with Gasteiger partial charge in [0.25, 0.3) is 11.6 Å². The molecule has 1 aromatic carbocycles. The summed E-state index contributed by atoms with van der Waals surface area (Å²) in [6, 6.07) is 4.51. The number of nitrogens with one attached hydrogen (secondary N) is 2. The number of nitro groups is 1. The SMILES string of the molecule is O=C(C[NH+]1CCCCC1)Nc1nc2ccc([N+](=O)[O-])cc2s1. The van der Waals surface area contributed by atoms with Gasteiger partial charge in [-0.05, 0) is 25.3 Å². The van der Waals surface area contributed by atoms with Crippen molar-refractivity contribution in [3.63, 3.8) is 0 Å². The van der Waals surface area contributed by atoms with Crippen molar-refractivity contribution in [1.82, 2.24) is 4.98 Å². The molecule has 1 aliphatic rings. The number of aromatic nitrogens is 1. The Bertz CT molecular complexity index is 709. The average molecular weight is 321 g/mol. The number of benzene rings is 1. The van der Waals surface area contributed by atoms with E-state index >= 15 is 0 Å². The van der Waals surface area contributed by atoms with E-state index < -0.39 is 4.92 Å². The van der Waals surface area contributed by atoms with Crippen LogP contribution >= 0.6 is 11.3 Å². The van der Waals surface area contributed by atoms with Crippen molar-refractivity contribution in [2.75, 3.05) is 25.0 Å². The monoisotopic (exact) mass is 321 g/mol. The predicted molar refractivity (Wildman–Crippen MR) is 84.3 cm³/mol. The van der Waals surface area contributed by atoms with Gasteiger partial charge in [0.05, 0.1) is 28.2 Å². The Morgan fingerprint density at radius 2 is 2.14 bits per heavy atom. The van der Waals surface area contributed by atoms with Crippen molar-refractivity contribution in [2.45, 2.75) is 19.3 Å². The van der Waals surface area contributed by atoms with Crippen LogP contribution in [0.5, 0.6) is 0 Å². The fraction of sp³-hybridized carbons (Fsp3) is 0.429. The number of nitro benzene ring substituents is 1. The number of non-ortho nitro benzene ring substituents is 1. The van der Waals surface area contributed by atoms with Crippen molar-refractivity contribution in [1.29, 1.82) is 0 Å². The second-order valence-corrected chi connectivity index (χ2v) is 6.49. The Morgan fingerprint density at radius 1 is 1.36 bits per heavy atom. The third-order valence-corrected chi connectivity index (χ3v) is 4.73. The molecule has 1 aliphatic heterocycles. The molecule has 116 valence electrons. The third kappa shape index (κ3) is 3.40. The van der Waals surface area contributed by atoms with Gasteiger partial charge in [-0.1, -0.05) is 11.3 Å². The van der Waals surface area contributed by atoms with Gasteiger partial charge in [0.1, 0.15) is 0 Å². The van der Waals surface area contributed by atoms with E-state index in [1.807, 2.05) is 0 Å². The first kappa shape index (κ1) is 14.9. The van der Waals surface area contributed by atoms with E-state index in [1.54, 1.807) is 6.07 Å². The van der Waals surface area contributed by atoms with Gasteiger partial charge >= 0.3 is 0 Å². The summed E-state index contributed by atoms with van der Waals surface area (Å²) < 4.78 is 0.704. The number of carbonyl (C=O) groups is 1. The first-order valence-electron chi connectivity index (χ1n) is 7.30. The van der Waals surface area contributed by atoms with Crippen LogP contribution < -0.4 is 10.2 Å². The highest BCUT2D eigenvalue weighted by Crippen LogP contribution is 2.28. The number of hydrogen-bond donors (Lipinski definition) is 2. The summed E-state index contributed by atoms with van der Waals surface area (Å²) in [7, 11) is 0. The van der Waals surface area contributed by atoms with Crippen LogP contribution in [0.25, 0.3) is 10.2 Å². The molecule has 0 aliphatic carbocycles. The zero-order chi connectivity index (χ0) is 15.5. The molecule has 1 fully saturated rings. The maximum atomic E-state index is 12.1. The molecule has 0 unspecified atom stereocenters. The number of fused-ring (bicyclic) bond motifs is 1. The van der Waals surface area contributed by atoms with Crippen LogP contribution in [0, 0.1) is 10.1 Å². The maximum absolute atomic E-state index is 12.1. The van der Waals surface area contributed by atoms with E-state index in [-0.39, 0.29) is 11.6 Å². The maximum Gasteiger partial charge on any atom is 0.281 e. The number of piperidine rings is 1. The summed E-state index contributed by atoms with van der Waals surface area (Å²) in [4.78, 5) is 28.0. The van der Waals surface area contributed by atoms with Gasteiger partial charge in [-0.15, -0.1) is 0 Å². The first-order valence-corrected chi connectivity index (χ1v) is 8.12. The highest BCUT2D eigenvalue weighted by molar-refractivity contribution is 7.22. The standard InChI is InChI=1S/C14H16N4O3S/c19-13(9-17-6-2-1-3-7-17)16-14-15-11-5-4-10(18(20)21)8-12(11)22-14/h4-5,8H,1-3,6-7,9H2,(H,15,16,19)/p+1. The lowest BCUT2D eigenvalue weighted by Crippen LogP contribution is -3.13. The summed E-state index contributed by atoms with van der Waals surface area (Å²) in [6.07, 6.45) is 3.60. The van der Waals surface area contributed by atoms with Crippen LogP contribution in [-0.4, -0.2) is 35.4 Å². The number of nitrogens with zero attached hydrogens (tertiary/aromatic N) is 2. The molecule has 22 heavy (non-hydrogen) atoms. The molecule has 0 bridgehead atoms. The number of hydrogen-bond acceptors (Lipinski definition) is 5. The number of amides is 1. The van der Waals surface area contributed by atoms with Gasteiger partial charge in [-0.2, -0.15) is 0 Å². The fourth-order valence-electron chi connectivity index (χ4n) is 2.70. The van der Waals surface area contributed by atoms with Gasteiger partial charge in [-0.3, -0.25) is 20.2 Å². The minimum atomic E-state index is -0.433. The van der Waals surface area contributed by atoms with Crippen LogP contribution in [0.15, 0.2) is 18.2 Å². The number of likely N-dealkylation sites (tertiary alicyclic amines) is 1. The van der Waals surface area contributed by atoms with Gasteiger partial charge in [0.2, 0.25) is 0 Å². The molecule has 0 saturated carbocycles. The summed E-state index contributed by atoms with van der Waals surface area (Å²) in [5, 5.41) is 14.1. The van der Waals surface area contributed by atoms with E-state index in [9.17, 15) is 14.9 Å². The van der Waals surface area contributed by atoms with E-state index in [0.717, 1.165) is 13.1 Å². The Labute approximate surface area is 131 Å². The Balaban J connectivity index is 1.67. The number of thiazole rings is 1. The number of quaternary nitrogens is 1. The van der Waals surface area contributed by atoms with Crippen molar-refractivity contribution in [3.05, 3.63) is 28.3 Å². The molecule has 1 amide bonds. The normalized spacial score (nSPS) is 15.8. The zero-order valence-electron chi connectivity index (χ0n) is 12.0. The van der Waals surface area contributed by atoms with Crippen LogP contribution in [0.2, 0.25) is 0 Å². The lowest BCUT2D eigenvalue weighted by molar-refractivity contribution is -0.896. The number of carbonyl (C=O) groups excluding carboxylic acids is 1. The fourth-order valence-corrected chi connectivity index (χ4v) is 3.61. The van der Waals surface area contributed by atoms with E-state index in [1.165, 1.54) is 47.6 Å². The number of anilines is 1. The Hall–Kier alpha value is -2.06. The summed E-state index contributed by atoms with van der Waals surface area (Å²) >= 11 is 1.26. The van der Waals surface area contributed by atoms with Crippen LogP contribution in [0.4, 0.5) is 10.8 Å².